The van der Waals surface area contributed by atoms with E-state index in [0.717, 1.165) is 17.7 Å². The largest absolute Gasteiger partial charge is 0.573 e. The highest BCUT2D eigenvalue weighted by atomic mass is 19.4. The average molecular weight is 521 g/mol. The molecule has 0 radical (unpaired) electrons. The predicted octanol–water partition coefficient (Wildman–Crippen LogP) is 6.03. The number of hydrogen-bond donors (Lipinski definition) is 0. The third-order valence-electron chi connectivity index (χ3n) is 5.48. The van der Waals surface area contributed by atoms with Crippen LogP contribution in [0.15, 0.2) is 48.5 Å². The fourth-order valence-electron chi connectivity index (χ4n) is 3.60. The number of alkyl halides is 3. The maximum Gasteiger partial charge on any atom is 0.573 e. The molecule has 1 aromatic heterocycles. The maximum absolute atomic E-state index is 12.4. The lowest BCUT2D eigenvalue weighted by Crippen LogP contribution is -2.39. The number of benzene rings is 2. The van der Waals surface area contributed by atoms with E-state index < -0.39 is 17.9 Å². The van der Waals surface area contributed by atoms with Gasteiger partial charge in [0, 0.05) is 18.3 Å². The van der Waals surface area contributed by atoms with E-state index in [9.17, 15) is 18.0 Å². The zero-order valence-electron chi connectivity index (χ0n) is 21.5. The summed E-state index contributed by atoms with van der Waals surface area (Å²) in [4.78, 5) is 12.1. The average Bonchev–Trinajstić information content (AvgIpc) is 3.18. The molecule has 2 aromatic carbocycles. The van der Waals surface area contributed by atoms with E-state index in [2.05, 4.69) is 9.84 Å². The molecule has 37 heavy (non-hydrogen) atoms. The lowest BCUT2D eigenvalue weighted by molar-refractivity contribution is -0.274. The van der Waals surface area contributed by atoms with Gasteiger partial charge in [-0.3, -0.25) is 4.68 Å². The molecule has 3 rings (SSSR count). The molecular formula is C27H31F3N2O5. The van der Waals surface area contributed by atoms with Gasteiger partial charge in [0.2, 0.25) is 0 Å². The van der Waals surface area contributed by atoms with E-state index in [0.29, 0.717) is 35.8 Å². The summed E-state index contributed by atoms with van der Waals surface area (Å²) >= 11 is 0. The van der Waals surface area contributed by atoms with Crippen molar-refractivity contribution in [3.05, 3.63) is 59.8 Å². The SMILES string of the molecule is CCOC(=O)C(C)(C)Oc1ccc(OCCCc2cc(-c3ccc(OC(F)(F)F)cc3)nn2C)cc1C. The van der Waals surface area contributed by atoms with E-state index >= 15 is 0 Å². The van der Waals surface area contributed by atoms with Crippen LogP contribution < -0.4 is 14.2 Å². The smallest absolute Gasteiger partial charge is 0.494 e. The Balaban J connectivity index is 1.52. The second kappa shape index (κ2) is 11.6. The molecule has 0 unspecified atom stereocenters. The van der Waals surface area contributed by atoms with Gasteiger partial charge in [0.05, 0.1) is 18.9 Å². The molecule has 10 heteroatoms. The number of aromatic nitrogens is 2. The number of hydrogen-bond acceptors (Lipinski definition) is 6. The van der Waals surface area contributed by atoms with Gasteiger partial charge in [0.15, 0.2) is 5.60 Å². The fraction of sp³-hybridized carbons (Fsp3) is 0.407. The molecule has 200 valence electrons. The summed E-state index contributed by atoms with van der Waals surface area (Å²) < 4.78 is 59.5. The van der Waals surface area contributed by atoms with Gasteiger partial charge in [-0.15, -0.1) is 13.2 Å². The van der Waals surface area contributed by atoms with E-state index in [-0.39, 0.29) is 12.4 Å². The first-order valence-corrected chi connectivity index (χ1v) is 11.9. The maximum atomic E-state index is 12.4. The van der Waals surface area contributed by atoms with Gasteiger partial charge >= 0.3 is 12.3 Å². The number of aryl methyl sites for hydroxylation is 3. The minimum absolute atomic E-state index is 0.276. The Bertz CT molecular complexity index is 1200. The molecule has 0 N–H and O–H groups in total. The number of carbonyl (C=O) groups is 1. The predicted molar refractivity (Wildman–Crippen MR) is 132 cm³/mol. The normalized spacial score (nSPS) is 11.8. The summed E-state index contributed by atoms with van der Waals surface area (Å²) in [6.07, 6.45) is -3.30. The Hall–Kier alpha value is -3.69. The van der Waals surface area contributed by atoms with E-state index in [1.165, 1.54) is 12.1 Å². The van der Waals surface area contributed by atoms with Crippen molar-refractivity contribution in [1.29, 1.82) is 0 Å². The molecular weight excluding hydrogens is 489 g/mol. The third-order valence-corrected chi connectivity index (χ3v) is 5.48. The molecule has 1 heterocycles. The zero-order valence-corrected chi connectivity index (χ0v) is 21.5. The summed E-state index contributed by atoms with van der Waals surface area (Å²) in [5, 5.41) is 4.46. The number of ether oxygens (including phenoxy) is 4. The number of rotatable bonds is 11. The van der Waals surface area contributed by atoms with Crippen LogP contribution in [-0.2, 0) is 23.0 Å². The van der Waals surface area contributed by atoms with Gasteiger partial charge in [-0.2, -0.15) is 5.10 Å². The lowest BCUT2D eigenvalue weighted by atomic mass is 10.1. The van der Waals surface area contributed by atoms with Crippen LogP contribution in [0, 0.1) is 6.92 Å². The van der Waals surface area contributed by atoms with Crippen LogP contribution in [0.2, 0.25) is 0 Å². The minimum Gasteiger partial charge on any atom is -0.494 e. The minimum atomic E-state index is -4.72. The summed E-state index contributed by atoms with van der Waals surface area (Å²) in [5.74, 6) is 0.555. The van der Waals surface area contributed by atoms with Gasteiger partial charge in [0.1, 0.15) is 17.2 Å². The van der Waals surface area contributed by atoms with Gasteiger partial charge in [-0.05, 0) is 94.6 Å². The van der Waals surface area contributed by atoms with E-state index in [1.807, 2.05) is 26.1 Å². The first-order valence-electron chi connectivity index (χ1n) is 11.9. The first-order chi connectivity index (χ1) is 17.4. The molecule has 0 fully saturated rings. The van der Waals surface area contributed by atoms with E-state index in [1.54, 1.807) is 49.7 Å². The molecule has 3 aromatic rings. The number of carbonyl (C=O) groups excluding carboxylic acids is 1. The third kappa shape index (κ3) is 7.90. The van der Waals surface area contributed by atoms with Crippen LogP contribution >= 0.6 is 0 Å². The number of halogens is 3. The molecule has 0 saturated heterocycles. The molecule has 0 bridgehead atoms. The topological polar surface area (TPSA) is 71.8 Å². The van der Waals surface area contributed by atoms with Crippen LogP contribution in [0.3, 0.4) is 0 Å². The van der Waals surface area contributed by atoms with E-state index in [4.69, 9.17) is 14.2 Å². The molecule has 0 aliphatic heterocycles. The second-order valence-electron chi connectivity index (χ2n) is 8.93. The Morgan fingerprint density at radius 1 is 1.00 bits per heavy atom. The summed E-state index contributed by atoms with van der Waals surface area (Å²) in [7, 11) is 1.82. The van der Waals surface area contributed by atoms with Gasteiger partial charge < -0.3 is 18.9 Å². The van der Waals surface area contributed by atoms with Crippen molar-refractivity contribution in [3.8, 4) is 28.5 Å². The highest BCUT2D eigenvalue weighted by Crippen LogP contribution is 2.28. The summed E-state index contributed by atoms with van der Waals surface area (Å²) in [6.45, 7) is 7.70. The molecule has 0 spiro atoms. The fourth-order valence-corrected chi connectivity index (χ4v) is 3.60. The van der Waals surface area contributed by atoms with Crippen molar-refractivity contribution in [2.45, 2.75) is 52.5 Å². The molecule has 0 atom stereocenters. The van der Waals surface area contributed by atoms with Crippen LogP contribution in [0.5, 0.6) is 17.2 Å². The van der Waals surface area contributed by atoms with Crippen molar-refractivity contribution in [2.24, 2.45) is 7.05 Å². The molecule has 0 amide bonds. The number of esters is 1. The Morgan fingerprint density at radius 2 is 1.68 bits per heavy atom. The monoisotopic (exact) mass is 520 g/mol. The van der Waals surface area contributed by atoms with Crippen molar-refractivity contribution in [1.82, 2.24) is 9.78 Å². The van der Waals surface area contributed by atoms with Crippen molar-refractivity contribution in [3.63, 3.8) is 0 Å². The number of nitrogens with zero attached hydrogens (tertiary/aromatic N) is 2. The van der Waals surface area contributed by atoms with Gasteiger partial charge in [0.25, 0.3) is 0 Å². The quantitative estimate of drug-likeness (QED) is 0.227. The summed E-state index contributed by atoms with van der Waals surface area (Å²) in [5.41, 5.74) is 2.04. The summed E-state index contributed by atoms with van der Waals surface area (Å²) in [6, 6.07) is 12.9. The van der Waals surface area contributed by atoms with Crippen molar-refractivity contribution >= 4 is 5.97 Å². The standard InChI is InChI=1S/C27H31F3N2O5/c1-6-34-25(33)26(3,4)37-24-14-13-22(16-18(24)2)35-15-7-8-20-17-23(31-32(20)5)19-9-11-21(12-10-19)36-27(28,29)30/h9-14,16-17H,6-8,15H2,1-5H3. The molecule has 0 aliphatic rings. The molecule has 7 nitrogen and oxygen atoms in total. The molecule has 0 aliphatic carbocycles. The lowest BCUT2D eigenvalue weighted by Gasteiger charge is -2.25. The Morgan fingerprint density at radius 3 is 2.30 bits per heavy atom. The van der Waals surface area contributed by atoms with Gasteiger partial charge in [-0.1, -0.05) is 0 Å². The van der Waals surface area contributed by atoms with Crippen LogP contribution in [0.25, 0.3) is 11.3 Å². The van der Waals surface area contributed by atoms with Crippen LogP contribution in [-0.4, -0.2) is 40.9 Å². The second-order valence-corrected chi connectivity index (χ2v) is 8.93. The zero-order chi connectivity index (χ0) is 27.2. The van der Waals surface area contributed by atoms with Crippen molar-refractivity contribution in [2.75, 3.05) is 13.2 Å². The Kier molecular flexibility index (Phi) is 8.73. The first kappa shape index (κ1) is 27.9. The van der Waals surface area contributed by atoms with Crippen LogP contribution in [0.4, 0.5) is 13.2 Å². The Labute approximate surface area is 214 Å². The highest BCUT2D eigenvalue weighted by Gasteiger charge is 2.32. The van der Waals surface area contributed by atoms with Crippen LogP contribution in [0.1, 0.15) is 38.4 Å². The van der Waals surface area contributed by atoms with Crippen molar-refractivity contribution < 1.29 is 36.9 Å². The van der Waals surface area contributed by atoms with Gasteiger partial charge in [-0.25, -0.2) is 4.79 Å². The molecule has 0 saturated carbocycles. The highest BCUT2D eigenvalue weighted by molar-refractivity contribution is 5.79.